The van der Waals surface area contributed by atoms with Crippen LogP contribution in [0.2, 0.25) is 0 Å². The van der Waals surface area contributed by atoms with Gasteiger partial charge in [-0.1, -0.05) is 59.7 Å². The van der Waals surface area contributed by atoms with Gasteiger partial charge in [-0.05, 0) is 31.9 Å². The Kier molecular flexibility index (Phi) is 4.33. The molecule has 23 heavy (non-hydrogen) atoms. The zero-order chi connectivity index (χ0) is 16.4. The van der Waals surface area contributed by atoms with Crippen LogP contribution in [-0.2, 0) is 4.79 Å². The smallest absolute Gasteiger partial charge is 0.174 e. The second-order valence-corrected chi connectivity index (χ2v) is 6.33. The van der Waals surface area contributed by atoms with Crippen molar-refractivity contribution < 1.29 is 4.79 Å². The summed E-state index contributed by atoms with van der Waals surface area (Å²) >= 11 is 0. The van der Waals surface area contributed by atoms with Gasteiger partial charge in [0.2, 0.25) is 0 Å². The second-order valence-electron chi connectivity index (χ2n) is 6.33. The van der Waals surface area contributed by atoms with Crippen LogP contribution in [0.25, 0.3) is 5.57 Å². The summed E-state index contributed by atoms with van der Waals surface area (Å²) in [5.74, 6) is 0.140. The van der Waals surface area contributed by atoms with Crippen molar-refractivity contribution in [1.82, 2.24) is 4.90 Å². The van der Waals surface area contributed by atoms with E-state index in [9.17, 15) is 4.79 Å². The summed E-state index contributed by atoms with van der Waals surface area (Å²) in [5.41, 5.74) is 5.34. The Morgan fingerprint density at radius 1 is 1.04 bits per heavy atom. The van der Waals surface area contributed by atoms with E-state index in [4.69, 9.17) is 0 Å². The van der Waals surface area contributed by atoms with Crippen LogP contribution in [-0.4, -0.2) is 23.8 Å². The largest absolute Gasteiger partial charge is 0.376 e. The van der Waals surface area contributed by atoms with E-state index in [2.05, 4.69) is 56.0 Å². The monoisotopic (exact) mass is 305 g/mol. The Hall–Kier alpha value is -2.35. The maximum atomic E-state index is 13.1. The number of nitrogens with zero attached hydrogens (tertiary/aromatic N) is 1. The van der Waals surface area contributed by atoms with E-state index in [1.165, 1.54) is 11.1 Å². The first-order valence-electron chi connectivity index (χ1n) is 8.22. The Morgan fingerprint density at radius 3 is 2.39 bits per heavy atom. The molecule has 1 aliphatic heterocycles. The third-order valence-electron chi connectivity index (χ3n) is 4.49. The number of benzene rings is 2. The van der Waals surface area contributed by atoms with E-state index < -0.39 is 0 Å². The number of hydrogen-bond donors (Lipinski definition) is 0. The van der Waals surface area contributed by atoms with Gasteiger partial charge >= 0.3 is 0 Å². The highest BCUT2D eigenvalue weighted by atomic mass is 16.1. The van der Waals surface area contributed by atoms with E-state index >= 15 is 0 Å². The Balaban J connectivity index is 2.03. The molecule has 3 rings (SSSR count). The summed E-state index contributed by atoms with van der Waals surface area (Å²) in [5, 5.41) is 0. The Bertz CT molecular complexity index is 760. The van der Waals surface area contributed by atoms with Gasteiger partial charge in [-0.2, -0.15) is 0 Å². The van der Waals surface area contributed by atoms with Crippen LogP contribution in [0.15, 0.2) is 54.7 Å². The third kappa shape index (κ3) is 3.21. The quantitative estimate of drug-likeness (QED) is 0.841. The van der Waals surface area contributed by atoms with Crippen LogP contribution in [0.1, 0.15) is 35.1 Å². The molecule has 1 aliphatic rings. The van der Waals surface area contributed by atoms with E-state index in [0.717, 1.165) is 29.8 Å². The summed E-state index contributed by atoms with van der Waals surface area (Å²) in [7, 11) is 0. The third-order valence-corrected chi connectivity index (χ3v) is 4.49. The second kappa shape index (κ2) is 6.41. The lowest BCUT2D eigenvalue weighted by atomic mass is 9.84. The first-order chi connectivity index (χ1) is 11.1. The Labute approximate surface area is 138 Å². The fourth-order valence-corrected chi connectivity index (χ4v) is 3.20. The van der Waals surface area contributed by atoms with E-state index in [1.54, 1.807) is 0 Å². The van der Waals surface area contributed by atoms with Crippen molar-refractivity contribution in [1.29, 1.82) is 0 Å². The van der Waals surface area contributed by atoms with Crippen LogP contribution in [0.3, 0.4) is 0 Å². The molecule has 1 unspecified atom stereocenters. The number of hydrogen-bond acceptors (Lipinski definition) is 2. The van der Waals surface area contributed by atoms with Gasteiger partial charge in [-0.3, -0.25) is 4.79 Å². The number of likely N-dealkylation sites (N-methyl/N-ethyl adjacent to an activating group) is 1. The summed E-state index contributed by atoms with van der Waals surface area (Å²) < 4.78 is 0. The molecule has 2 nitrogen and oxygen atoms in total. The molecule has 0 amide bonds. The number of carbonyl (C=O) groups excluding carboxylic acids is 1. The first kappa shape index (κ1) is 15.5. The molecule has 1 atom stereocenters. The molecule has 0 aliphatic carbocycles. The van der Waals surface area contributed by atoms with Crippen molar-refractivity contribution in [2.45, 2.75) is 26.7 Å². The maximum Gasteiger partial charge on any atom is 0.174 e. The molecule has 2 heteroatoms. The minimum absolute atomic E-state index is 0.0876. The van der Waals surface area contributed by atoms with Gasteiger partial charge in [0.05, 0.1) is 5.92 Å². The van der Waals surface area contributed by atoms with Gasteiger partial charge < -0.3 is 4.90 Å². The van der Waals surface area contributed by atoms with Crippen LogP contribution >= 0.6 is 0 Å². The van der Waals surface area contributed by atoms with Crippen molar-refractivity contribution in [3.05, 3.63) is 77.0 Å². The number of carbonyl (C=O) groups is 1. The van der Waals surface area contributed by atoms with Crippen molar-refractivity contribution in [3.63, 3.8) is 0 Å². The topological polar surface area (TPSA) is 20.3 Å². The van der Waals surface area contributed by atoms with Crippen molar-refractivity contribution in [2.24, 2.45) is 0 Å². The summed E-state index contributed by atoms with van der Waals surface area (Å²) in [6, 6.07) is 16.5. The highest BCUT2D eigenvalue weighted by molar-refractivity contribution is 6.24. The maximum absolute atomic E-state index is 13.1. The van der Waals surface area contributed by atoms with Crippen LogP contribution in [0, 0.1) is 13.8 Å². The highest BCUT2D eigenvalue weighted by Gasteiger charge is 2.30. The summed E-state index contributed by atoms with van der Waals surface area (Å²) in [6.07, 6.45) is 2.03. The average molecular weight is 305 g/mol. The lowest BCUT2D eigenvalue weighted by Crippen LogP contribution is -2.34. The predicted octanol–water partition coefficient (Wildman–Crippen LogP) is 4.33. The number of aryl methyl sites for hydroxylation is 2. The van der Waals surface area contributed by atoms with Gasteiger partial charge in [-0.15, -0.1) is 0 Å². The van der Waals surface area contributed by atoms with E-state index in [-0.39, 0.29) is 11.7 Å². The molecule has 0 N–H and O–H groups in total. The van der Waals surface area contributed by atoms with Crippen molar-refractivity contribution in [2.75, 3.05) is 13.1 Å². The molecular formula is C21H23NO. The molecule has 0 saturated carbocycles. The normalized spacial score (nSPS) is 18.0. The molecule has 0 saturated heterocycles. The van der Waals surface area contributed by atoms with Gasteiger partial charge in [0.15, 0.2) is 5.78 Å². The zero-order valence-electron chi connectivity index (χ0n) is 14.0. The Morgan fingerprint density at radius 2 is 1.74 bits per heavy atom. The summed E-state index contributed by atoms with van der Waals surface area (Å²) in [4.78, 5) is 15.4. The highest BCUT2D eigenvalue weighted by Crippen LogP contribution is 2.32. The minimum atomic E-state index is -0.0876. The van der Waals surface area contributed by atoms with Gasteiger partial charge in [0, 0.05) is 24.9 Å². The van der Waals surface area contributed by atoms with Crippen LogP contribution in [0.5, 0.6) is 0 Å². The number of Topliss-reactive ketones (excluding diaryl/α,β-unsaturated/α-hetero) is 1. The fraction of sp³-hybridized carbons (Fsp3) is 0.286. The predicted molar refractivity (Wildman–Crippen MR) is 95.3 cm³/mol. The lowest BCUT2D eigenvalue weighted by Gasteiger charge is -2.31. The molecule has 0 aromatic heterocycles. The molecule has 118 valence electrons. The number of rotatable bonds is 3. The number of ketones is 1. The van der Waals surface area contributed by atoms with Crippen molar-refractivity contribution >= 4 is 11.4 Å². The summed E-state index contributed by atoms with van der Waals surface area (Å²) in [6.45, 7) is 7.94. The molecule has 2 aromatic rings. The molecule has 0 spiro atoms. The first-order valence-corrected chi connectivity index (χ1v) is 8.22. The van der Waals surface area contributed by atoms with Crippen LogP contribution in [0.4, 0.5) is 0 Å². The molecule has 0 radical (unpaired) electrons. The van der Waals surface area contributed by atoms with E-state index in [1.807, 2.05) is 24.4 Å². The molecule has 0 fully saturated rings. The zero-order valence-corrected chi connectivity index (χ0v) is 14.0. The SMILES string of the molecule is CCN1C=C(c2cccc(C)c2)C(=O)C(c2cccc(C)c2)C1. The number of allylic oxidation sites excluding steroid dienone is 1. The van der Waals surface area contributed by atoms with Gasteiger partial charge in [0.25, 0.3) is 0 Å². The van der Waals surface area contributed by atoms with Crippen molar-refractivity contribution in [3.8, 4) is 0 Å². The molecule has 1 heterocycles. The van der Waals surface area contributed by atoms with Gasteiger partial charge in [0.1, 0.15) is 0 Å². The standard InChI is InChI=1S/C21H23NO/c1-4-22-13-19(17-9-5-7-15(2)11-17)21(23)20(14-22)18-10-6-8-16(3)12-18/h5-13,20H,4,14H2,1-3H3. The lowest BCUT2D eigenvalue weighted by molar-refractivity contribution is -0.115. The molecular weight excluding hydrogens is 282 g/mol. The fourth-order valence-electron chi connectivity index (χ4n) is 3.20. The molecule has 2 aromatic carbocycles. The molecule has 0 bridgehead atoms. The van der Waals surface area contributed by atoms with Crippen LogP contribution < -0.4 is 0 Å². The average Bonchev–Trinajstić information content (AvgIpc) is 2.55. The minimum Gasteiger partial charge on any atom is -0.376 e. The van der Waals surface area contributed by atoms with Gasteiger partial charge in [-0.25, -0.2) is 0 Å². The van der Waals surface area contributed by atoms with E-state index in [0.29, 0.717) is 0 Å².